The first-order chi connectivity index (χ1) is 18.8. The van der Waals surface area contributed by atoms with Crippen LogP contribution in [-0.4, -0.2) is 31.4 Å². The monoisotopic (exact) mass is 544 g/mol. The molecule has 1 unspecified atom stereocenters. The molecule has 0 bridgehead atoms. The van der Waals surface area contributed by atoms with E-state index in [0.29, 0.717) is 49.2 Å². The van der Waals surface area contributed by atoms with Crippen LogP contribution in [0.5, 0.6) is 11.5 Å². The molecule has 1 aliphatic rings. The minimum absolute atomic E-state index is 0.195. The fourth-order valence-corrected chi connectivity index (χ4v) is 5.67. The fraction of sp³-hybridized carbons (Fsp3) is 0.233. The number of fused-ring (bicyclic) bond motifs is 1. The molecule has 39 heavy (non-hydrogen) atoms. The van der Waals surface area contributed by atoms with E-state index in [4.69, 9.17) is 18.6 Å². The third kappa shape index (κ3) is 4.93. The zero-order valence-electron chi connectivity index (χ0n) is 22.3. The summed E-state index contributed by atoms with van der Waals surface area (Å²) in [6, 6.07) is 16.3. The fourth-order valence-electron chi connectivity index (χ4n) is 4.64. The number of rotatable bonds is 7. The Morgan fingerprint density at radius 2 is 1.87 bits per heavy atom. The summed E-state index contributed by atoms with van der Waals surface area (Å²) in [5.41, 5.74) is 3.24. The Hall–Kier alpha value is -4.37. The van der Waals surface area contributed by atoms with Gasteiger partial charge in [-0.2, -0.15) is 0 Å². The number of benzene rings is 2. The Labute approximate surface area is 229 Å². The predicted octanol–water partition coefficient (Wildman–Crippen LogP) is 4.38. The molecule has 0 spiro atoms. The minimum Gasteiger partial charge on any atom is -0.493 e. The first-order valence-corrected chi connectivity index (χ1v) is 13.2. The van der Waals surface area contributed by atoms with Crippen molar-refractivity contribution >= 4 is 23.4 Å². The molecule has 3 heterocycles. The molecule has 8 nitrogen and oxygen atoms in total. The summed E-state index contributed by atoms with van der Waals surface area (Å²) in [6.45, 7) is 5.70. The zero-order valence-corrected chi connectivity index (χ0v) is 23.1. The van der Waals surface area contributed by atoms with Crippen molar-refractivity contribution in [3.8, 4) is 22.8 Å². The highest BCUT2D eigenvalue weighted by molar-refractivity contribution is 7.07. The molecule has 0 radical (unpaired) electrons. The number of hydrogen-bond acceptors (Lipinski definition) is 8. The van der Waals surface area contributed by atoms with E-state index in [1.165, 1.54) is 23.0 Å². The van der Waals surface area contributed by atoms with E-state index in [2.05, 4.69) is 4.99 Å². The second-order valence-corrected chi connectivity index (χ2v) is 10.00. The van der Waals surface area contributed by atoms with Crippen molar-refractivity contribution in [1.82, 2.24) is 4.57 Å². The number of aromatic nitrogens is 1. The molecule has 2 aromatic heterocycles. The molecule has 1 aliphatic heterocycles. The first kappa shape index (κ1) is 26.2. The molecular formula is C30H28N2O6S. The third-order valence-corrected chi connectivity index (χ3v) is 7.43. The average Bonchev–Trinajstić information content (AvgIpc) is 3.52. The number of esters is 1. The highest BCUT2D eigenvalue weighted by Gasteiger charge is 2.34. The number of aryl methyl sites for hydroxylation is 1. The van der Waals surface area contributed by atoms with Crippen molar-refractivity contribution in [2.24, 2.45) is 4.99 Å². The zero-order chi connectivity index (χ0) is 27.7. The molecule has 0 saturated heterocycles. The summed E-state index contributed by atoms with van der Waals surface area (Å²) < 4.78 is 24.3. The summed E-state index contributed by atoms with van der Waals surface area (Å²) >= 11 is 1.24. The van der Waals surface area contributed by atoms with Crippen molar-refractivity contribution in [3.63, 3.8) is 0 Å². The molecule has 4 aromatic rings. The van der Waals surface area contributed by atoms with Gasteiger partial charge >= 0.3 is 5.97 Å². The Morgan fingerprint density at radius 1 is 1.08 bits per heavy atom. The van der Waals surface area contributed by atoms with Crippen LogP contribution in [0.2, 0.25) is 0 Å². The highest BCUT2D eigenvalue weighted by atomic mass is 32.1. The SMILES string of the molecule is CCOC(=O)C1=C(C)N=c2s/c(=C\c3ccc(-c4cccc(C)c4)o3)c(=O)n2C1c1ccc(OC)c(OC)c1. The maximum Gasteiger partial charge on any atom is 0.338 e. The van der Waals surface area contributed by atoms with E-state index in [-0.39, 0.29) is 12.2 Å². The Balaban J connectivity index is 1.66. The van der Waals surface area contributed by atoms with E-state index in [1.54, 1.807) is 39.2 Å². The van der Waals surface area contributed by atoms with Gasteiger partial charge in [-0.25, -0.2) is 9.79 Å². The molecular weight excluding hydrogens is 516 g/mol. The van der Waals surface area contributed by atoms with Crippen LogP contribution in [-0.2, 0) is 9.53 Å². The van der Waals surface area contributed by atoms with Gasteiger partial charge in [0.25, 0.3) is 5.56 Å². The van der Waals surface area contributed by atoms with Crippen molar-refractivity contribution in [2.75, 3.05) is 20.8 Å². The Kier molecular flexibility index (Phi) is 7.26. The van der Waals surface area contributed by atoms with E-state index >= 15 is 0 Å². The van der Waals surface area contributed by atoms with Gasteiger partial charge in [0.2, 0.25) is 0 Å². The molecule has 0 N–H and O–H groups in total. The number of hydrogen-bond donors (Lipinski definition) is 0. The van der Waals surface area contributed by atoms with Crippen LogP contribution in [0, 0.1) is 6.92 Å². The van der Waals surface area contributed by atoms with Crippen LogP contribution in [0.3, 0.4) is 0 Å². The van der Waals surface area contributed by atoms with Gasteiger partial charge in [0.15, 0.2) is 16.3 Å². The van der Waals surface area contributed by atoms with E-state index < -0.39 is 12.0 Å². The molecule has 0 aliphatic carbocycles. The lowest BCUT2D eigenvalue weighted by atomic mass is 9.95. The van der Waals surface area contributed by atoms with E-state index in [1.807, 2.05) is 49.4 Å². The summed E-state index contributed by atoms with van der Waals surface area (Å²) in [7, 11) is 3.09. The third-order valence-electron chi connectivity index (χ3n) is 6.44. The Morgan fingerprint density at radius 3 is 2.59 bits per heavy atom. The van der Waals surface area contributed by atoms with Crippen LogP contribution in [0.1, 0.15) is 36.8 Å². The van der Waals surface area contributed by atoms with Crippen molar-refractivity contribution in [1.29, 1.82) is 0 Å². The molecule has 2 aromatic carbocycles. The van der Waals surface area contributed by atoms with Crippen LogP contribution in [0.25, 0.3) is 17.4 Å². The van der Waals surface area contributed by atoms with Gasteiger partial charge in [-0.15, -0.1) is 0 Å². The lowest BCUT2D eigenvalue weighted by molar-refractivity contribution is -0.139. The number of carbonyl (C=O) groups is 1. The minimum atomic E-state index is -0.762. The van der Waals surface area contributed by atoms with Gasteiger partial charge in [-0.1, -0.05) is 41.2 Å². The van der Waals surface area contributed by atoms with Gasteiger partial charge < -0.3 is 18.6 Å². The number of thiazole rings is 1. The quantitative estimate of drug-likeness (QED) is 0.321. The summed E-state index contributed by atoms with van der Waals surface area (Å²) in [5, 5.41) is 0. The maximum atomic E-state index is 13.8. The van der Waals surface area contributed by atoms with E-state index in [0.717, 1.165) is 11.1 Å². The second kappa shape index (κ2) is 10.8. The number of methoxy groups -OCH3 is 2. The Bertz CT molecular complexity index is 1780. The van der Waals surface area contributed by atoms with Crippen LogP contribution in [0.4, 0.5) is 0 Å². The van der Waals surface area contributed by atoms with Gasteiger partial charge in [-0.3, -0.25) is 9.36 Å². The van der Waals surface area contributed by atoms with Crippen LogP contribution >= 0.6 is 11.3 Å². The maximum absolute atomic E-state index is 13.8. The number of allylic oxidation sites excluding steroid dienone is 1. The van der Waals surface area contributed by atoms with Crippen molar-refractivity contribution < 1.29 is 23.4 Å². The van der Waals surface area contributed by atoms with Crippen molar-refractivity contribution in [2.45, 2.75) is 26.8 Å². The summed E-state index contributed by atoms with van der Waals surface area (Å²) in [5.74, 6) is 1.74. The molecule has 5 rings (SSSR count). The molecule has 9 heteroatoms. The van der Waals surface area contributed by atoms with Gasteiger partial charge in [0.1, 0.15) is 11.5 Å². The van der Waals surface area contributed by atoms with Crippen molar-refractivity contribution in [3.05, 3.63) is 102 Å². The first-order valence-electron chi connectivity index (χ1n) is 12.4. The summed E-state index contributed by atoms with van der Waals surface area (Å²) in [4.78, 5) is 32.1. The normalized spacial score (nSPS) is 15.1. The lowest BCUT2D eigenvalue weighted by Crippen LogP contribution is -2.39. The predicted molar refractivity (Wildman–Crippen MR) is 149 cm³/mol. The highest BCUT2D eigenvalue weighted by Crippen LogP contribution is 2.36. The van der Waals surface area contributed by atoms with Crippen LogP contribution < -0.4 is 24.4 Å². The second-order valence-electron chi connectivity index (χ2n) is 8.99. The van der Waals surface area contributed by atoms with Crippen LogP contribution in [0.15, 0.2) is 80.1 Å². The van der Waals surface area contributed by atoms with Gasteiger partial charge in [-0.05, 0) is 56.7 Å². The number of furan rings is 1. The van der Waals surface area contributed by atoms with Gasteiger partial charge in [0, 0.05) is 11.6 Å². The standard InChI is InChI=1S/C30H28N2O6S/c1-6-37-29(34)26-18(3)31-30-32(27(26)20-10-12-23(35-4)24(15-20)36-5)28(33)25(39-30)16-21-11-13-22(38-21)19-9-7-8-17(2)14-19/h7-16,27H,6H2,1-5H3/b25-16-. The molecule has 0 saturated carbocycles. The molecule has 0 amide bonds. The number of ether oxygens (including phenoxy) is 3. The van der Waals surface area contributed by atoms with Gasteiger partial charge in [0.05, 0.1) is 42.7 Å². The molecule has 1 atom stereocenters. The topological polar surface area (TPSA) is 92.3 Å². The molecule has 200 valence electrons. The largest absolute Gasteiger partial charge is 0.493 e. The smallest absolute Gasteiger partial charge is 0.338 e. The average molecular weight is 545 g/mol. The van der Waals surface area contributed by atoms with E-state index in [9.17, 15) is 9.59 Å². The lowest BCUT2D eigenvalue weighted by Gasteiger charge is -2.25. The summed E-state index contributed by atoms with van der Waals surface area (Å²) in [6.07, 6.45) is 1.71. The molecule has 0 fully saturated rings. The number of carbonyl (C=O) groups excluding carboxylic acids is 1. The number of nitrogens with zero attached hydrogens (tertiary/aromatic N) is 2.